The largest absolute Gasteiger partial charge is 0.372 e. The van der Waals surface area contributed by atoms with E-state index in [9.17, 15) is 9.59 Å². The van der Waals surface area contributed by atoms with Crippen LogP contribution in [0.15, 0.2) is 18.2 Å². The third-order valence-corrected chi connectivity index (χ3v) is 3.06. The SMILES string of the molecule is O=C1CN(c2ccc3c(c2)COC3)C(=O)CN1. The minimum absolute atomic E-state index is 0.0758. The number of amides is 2. The number of nitrogens with one attached hydrogen (secondary N) is 1. The van der Waals surface area contributed by atoms with E-state index in [0.29, 0.717) is 13.2 Å². The summed E-state index contributed by atoms with van der Waals surface area (Å²) in [7, 11) is 0. The summed E-state index contributed by atoms with van der Waals surface area (Å²) in [5, 5.41) is 2.53. The molecule has 2 aliphatic heterocycles. The lowest BCUT2D eigenvalue weighted by Crippen LogP contribution is -2.51. The van der Waals surface area contributed by atoms with Crippen LogP contribution in [-0.4, -0.2) is 24.9 Å². The monoisotopic (exact) mass is 232 g/mol. The maximum Gasteiger partial charge on any atom is 0.246 e. The van der Waals surface area contributed by atoms with E-state index in [1.807, 2.05) is 18.2 Å². The van der Waals surface area contributed by atoms with Gasteiger partial charge in [0.1, 0.15) is 6.54 Å². The zero-order chi connectivity index (χ0) is 11.8. The van der Waals surface area contributed by atoms with Crippen molar-refractivity contribution >= 4 is 17.5 Å². The lowest BCUT2D eigenvalue weighted by molar-refractivity contribution is -0.128. The van der Waals surface area contributed by atoms with Crippen LogP contribution in [-0.2, 0) is 27.5 Å². The molecule has 0 spiro atoms. The van der Waals surface area contributed by atoms with Crippen LogP contribution in [0.25, 0.3) is 0 Å². The second-order valence-electron chi connectivity index (χ2n) is 4.20. The number of fused-ring (bicyclic) bond motifs is 1. The minimum Gasteiger partial charge on any atom is -0.372 e. The van der Waals surface area contributed by atoms with E-state index in [1.165, 1.54) is 4.90 Å². The van der Waals surface area contributed by atoms with Gasteiger partial charge in [0.05, 0.1) is 19.8 Å². The normalized spacial score (nSPS) is 19.2. The summed E-state index contributed by atoms with van der Waals surface area (Å²) in [6.45, 7) is 1.38. The Bertz CT molecular complexity index is 499. The number of rotatable bonds is 1. The van der Waals surface area contributed by atoms with Crippen LogP contribution >= 0.6 is 0 Å². The summed E-state index contributed by atoms with van der Waals surface area (Å²) in [6.07, 6.45) is 0. The van der Waals surface area contributed by atoms with Gasteiger partial charge >= 0.3 is 0 Å². The molecule has 2 aliphatic rings. The number of benzene rings is 1. The van der Waals surface area contributed by atoms with Crippen LogP contribution in [0.5, 0.6) is 0 Å². The Morgan fingerprint density at radius 2 is 2.00 bits per heavy atom. The predicted octanol–water partition coefficient (Wildman–Crippen LogP) is 0.180. The van der Waals surface area contributed by atoms with Gasteiger partial charge in [0.15, 0.2) is 0 Å². The Balaban J connectivity index is 1.92. The molecule has 1 N–H and O–H groups in total. The van der Waals surface area contributed by atoms with Crippen molar-refractivity contribution in [3.8, 4) is 0 Å². The Morgan fingerprint density at radius 3 is 2.88 bits per heavy atom. The minimum atomic E-state index is -0.124. The highest BCUT2D eigenvalue weighted by molar-refractivity contribution is 6.04. The molecule has 0 aliphatic carbocycles. The first-order valence-electron chi connectivity index (χ1n) is 5.50. The van der Waals surface area contributed by atoms with Gasteiger partial charge in [0.25, 0.3) is 0 Å². The number of nitrogens with zero attached hydrogens (tertiary/aromatic N) is 1. The van der Waals surface area contributed by atoms with E-state index < -0.39 is 0 Å². The molecule has 0 saturated carbocycles. The zero-order valence-electron chi connectivity index (χ0n) is 9.23. The molecule has 1 fully saturated rings. The zero-order valence-corrected chi connectivity index (χ0v) is 9.23. The first-order valence-corrected chi connectivity index (χ1v) is 5.50. The number of piperazine rings is 1. The van der Waals surface area contributed by atoms with Gasteiger partial charge in [0, 0.05) is 5.69 Å². The van der Waals surface area contributed by atoms with Gasteiger partial charge in [-0.15, -0.1) is 0 Å². The Morgan fingerprint density at radius 1 is 1.18 bits per heavy atom. The maximum absolute atomic E-state index is 11.7. The van der Waals surface area contributed by atoms with Crippen molar-refractivity contribution < 1.29 is 14.3 Å². The number of ether oxygens (including phenoxy) is 1. The Kier molecular flexibility index (Phi) is 2.33. The van der Waals surface area contributed by atoms with Crippen LogP contribution in [0.2, 0.25) is 0 Å². The molecule has 5 heteroatoms. The topological polar surface area (TPSA) is 58.6 Å². The summed E-state index contributed by atoms with van der Waals surface area (Å²) < 4.78 is 5.32. The van der Waals surface area contributed by atoms with Crippen LogP contribution in [0.1, 0.15) is 11.1 Å². The standard InChI is InChI=1S/C12H12N2O3/c15-11-5-14(12(16)4-13-11)10-2-1-8-6-17-7-9(8)3-10/h1-3H,4-7H2,(H,13,15). The summed E-state index contributed by atoms with van der Waals surface area (Å²) in [5.41, 5.74) is 3.03. The fraction of sp³-hybridized carbons (Fsp3) is 0.333. The molecular formula is C12H12N2O3. The van der Waals surface area contributed by atoms with Crippen molar-refractivity contribution in [2.45, 2.75) is 13.2 Å². The molecule has 5 nitrogen and oxygen atoms in total. The molecular weight excluding hydrogens is 220 g/mol. The highest BCUT2D eigenvalue weighted by Crippen LogP contribution is 2.25. The van der Waals surface area contributed by atoms with Crippen molar-refractivity contribution in [3.05, 3.63) is 29.3 Å². The Labute approximate surface area is 98.4 Å². The van der Waals surface area contributed by atoms with Gasteiger partial charge in [-0.05, 0) is 23.3 Å². The third-order valence-electron chi connectivity index (χ3n) is 3.06. The summed E-state index contributed by atoms with van der Waals surface area (Å²) in [6, 6.07) is 5.75. The first-order chi connectivity index (χ1) is 8.24. The smallest absolute Gasteiger partial charge is 0.246 e. The molecule has 3 rings (SSSR count). The fourth-order valence-electron chi connectivity index (χ4n) is 2.12. The molecule has 0 unspecified atom stereocenters. The van der Waals surface area contributed by atoms with E-state index in [2.05, 4.69) is 5.32 Å². The van der Waals surface area contributed by atoms with Crippen molar-refractivity contribution in [3.63, 3.8) is 0 Å². The van der Waals surface area contributed by atoms with Crippen LogP contribution in [0, 0.1) is 0 Å². The molecule has 1 aromatic carbocycles. The molecule has 0 radical (unpaired) electrons. The van der Waals surface area contributed by atoms with Gasteiger partial charge in [0.2, 0.25) is 11.8 Å². The van der Waals surface area contributed by atoms with Crippen molar-refractivity contribution in [1.29, 1.82) is 0 Å². The molecule has 0 atom stereocenters. The quantitative estimate of drug-likeness (QED) is 0.751. The van der Waals surface area contributed by atoms with Crippen LogP contribution in [0.4, 0.5) is 5.69 Å². The van der Waals surface area contributed by atoms with E-state index in [1.54, 1.807) is 0 Å². The fourth-order valence-corrected chi connectivity index (χ4v) is 2.12. The number of hydrogen-bond acceptors (Lipinski definition) is 3. The molecule has 0 bridgehead atoms. The maximum atomic E-state index is 11.7. The van der Waals surface area contributed by atoms with Crippen molar-refractivity contribution in [2.24, 2.45) is 0 Å². The predicted molar refractivity (Wildman–Crippen MR) is 60.3 cm³/mol. The van der Waals surface area contributed by atoms with Gasteiger partial charge in [-0.25, -0.2) is 0 Å². The molecule has 88 valence electrons. The summed E-state index contributed by atoms with van der Waals surface area (Å²) >= 11 is 0. The Hall–Kier alpha value is -1.88. The molecule has 0 aromatic heterocycles. The first kappa shape index (κ1) is 10.3. The number of hydrogen-bond donors (Lipinski definition) is 1. The lowest BCUT2D eigenvalue weighted by Gasteiger charge is -2.26. The number of carbonyl (C=O) groups excluding carboxylic acids is 2. The number of carbonyl (C=O) groups is 2. The van der Waals surface area contributed by atoms with Crippen molar-refractivity contribution in [1.82, 2.24) is 5.32 Å². The van der Waals surface area contributed by atoms with Gasteiger partial charge < -0.3 is 15.0 Å². The molecule has 2 amide bonds. The molecule has 1 saturated heterocycles. The second-order valence-corrected chi connectivity index (χ2v) is 4.20. The van der Waals surface area contributed by atoms with Gasteiger partial charge in [-0.3, -0.25) is 9.59 Å². The van der Waals surface area contributed by atoms with Gasteiger partial charge in [-0.1, -0.05) is 6.07 Å². The van der Waals surface area contributed by atoms with E-state index in [-0.39, 0.29) is 24.9 Å². The van der Waals surface area contributed by atoms with Crippen LogP contribution < -0.4 is 10.2 Å². The van der Waals surface area contributed by atoms with E-state index in [0.717, 1.165) is 16.8 Å². The highest BCUT2D eigenvalue weighted by Gasteiger charge is 2.25. The second kappa shape index (κ2) is 3.85. The molecule has 17 heavy (non-hydrogen) atoms. The van der Waals surface area contributed by atoms with E-state index >= 15 is 0 Å². The molecule has 2 heterocycles. The summed E-state index contributed by atoms with van der Waals surface area (Å²) in [5.74, 6) is -0.204. The average molecular weight is 232 g/mol. The third kappa shape index (κ3) is 1.78. The van der Waals surface area contributed by atoms with Crippen LogP contribution in [0.3, 0.4) is 0 Å². The number of anilines is 1. The summed E-state index contributed by atoms with van der Waals surface area (Å²) in [4.78, 5) is 24.5. The molecule has 1 aromatic rings. The van der Waals surface area contributed by atoms with E-state index in [4.69, 9.17) is 4.74 Å². The highest BCUT2D eigenvalue weighted by atomic mass is 16.5. The lowest BCUT2D eigenvalue weighted by atomic mass is 10.1. The average Bonchev–Trinajstić information content (AvgIpc) is 2.79. The van der Waals surface area contributed by atoms with Crippen molar-refractivity contribution in [2.75, 3.05) is 18.0 Å². The van der Waals surface area contributed by atoms with Gasteiger partial charge in [-0.2, -0.15) is 0 Å².